The van der Waals surface area contributed by atoms with Gasteiger partial charge >= 0.3 is 0 Å². The molecule has 0 aromatic heterocycles. The third-order valence-corrected chi connectivity index (χ3v) is 1.37. The van der Waals surface area contributed by atoms with E-state index >= 15 is 0 Å². The van der Waals surface area contributed by atoms with Crippen LogP contribution >= 0.6 is 34.8 Å². The molecular weight excluding hydrogens is 212 g/mol. The van der Waals surface area contributed by atoms with Crippen molar-refractivity contribution >= 4 is 46.5 Å². The third-order valence-electron chi connectivity index (χ3n) is 0.858. The van der Waals surface area contributed by atoms with Crippen LogP contribution in [0.3, 0.4) is 0 Å². The van der Waals surface area contributed by atoms with E-state index < -0.39 is 15.5 Å². The van der Waals surface area contributed by atoms with E-state index in [2.05, 4.69) is 0 Å². The fourth-order valence-corrected chi connectivity index (χ4v) is 0.567. The second-order valence-electron chi connectivity index (χ2n) is 2.03. The standard InChI is InChI=1S/C5H6Cl3NO2/c1-9(2)4(11)3(10)5(6,7)8/h1-2H3. The predicted octanol–water partition coefficient (Wildman–Crippen LogP) is 1.01. The van der Waals surface area contributed by atoms with E-state index in [-0.39, 0.29) is 0 Å². The molecule has 11 heavy (non-hydrogen) atoms. The summed E-state index contributed by atoms with van der Waals surface area (Å²) in [6.07, 6.45) is 0. The van der Waals surface area contributed by atoms with E-state index in [1.54, 1.807) is 0 Å². The molecule has 0 aliphatic heterocycles. The molecule has 0 aliphatic carbocycles. The van der Waals surface area contributed by atoms with Crippen LogP contribution in [-0.2, 0) is 9.59 Å². The lowest BCUT2D eigenvalue weighted by atomic mass is 10.4. The van der Waals surface area contributed by atoms with Gasteiger partial charge in [0.2, 0.25) is 0 Å². The zero-order valence-electron chi connectivity index (χ0n) is 5.90. The number of hydrogen-bond acceptors (Lipinski definition) is 2. The number of carbonyl (C=O) groups is 2. The maximum atomic E-state index is 10.8. The average molecular weight is 218 g/mol. The van der Waals surface area contributed by atoms with Crippen molar-refractivity contribution in [1.82, 2.24) is 4.90 Å². The number of hydrogen-bond donors (Lipinski definition) is 0. The van der Waals surface area contributed by atoms with Crippen LogP contribution in [0.2, 0.25) is 0 Å². The Hall–Kier alpha value is 0.01000. The number of halogens is 3. The highest BCUT2D eigenvalue weighted by Crippen LogP contribution is 2.27. The molecule has 0 saturated carbocycles. The molecule has 0 atom stereocenters. The molecule has 0 aliphatic rings. The maximum absolute atomic E-state index is 10.8. The highest BCUT2D eigenvalue weighted by atomic mass is 35.6. The maximum Gasteiger partial charge on any atom is 0.294 e. The van der Waals surface area contributed by atoms with Crippen LogP contribution in [0.25, 0.3) is 0 Å². The quantitative estimate of drug-likeness (QED) is 0.487. The molecule has 0 unspecified atom stereocenters. The minimum atomic E-state index is -2.15. The summed E-state index contributed by atoms with van der Waals surface area (Å²) >= 11 is 15.5. The monoisotopic (exact) mass is 217 g/mol. The van der Waals surface area contributed by atoms with Crippen LogP contribution in [-0.4, -0.2) is 34.5 Å². The molecule has 3 nitrogen and oxygen atoms in total. The van der Waals surface area contributed by atoms with Crippen molar-refractivity contribution in [2.45, 2.75) is 3.79 Å². The van der Waals surface area contributed by atoms with Crippen molar-refractivity contribution in [1.29, 1.82) is 0 Å². The fourth-order valence-electron chi connectivity index (χ4n) is 0.324. The average Bonchev–Trinajstić information content (AvgIpc) is 1.82. The minimum absolute atomic E-state index is 0.829. The molecule has 0 bridgehead atoms. The van der Waals surface area contributed by atoms with Crippen LogP contribution < -0.4 is 0 Å². The van der Waals surface area contributed by atoms with E-state index in [0.29, 0.717) is 0 Å². The summed E-state index contributed by atoms with van der Waals surface area (Å²) in [4.78, 5) is 22.7. The van der Waals surface area contributed by atoms with Crippen molar-refractivity contribution < 1.29 is 9.59 Å². The number of amides is 1. The van der Waals surface area contributed by atoms with Crippen LogP contribution in [0, 0.1) is 0 Å². The summed E-state index contributed by atoms with van der Waals surface area (Å²) in [5, 5.41) is 0. The first-order valence-corrected chi connectivity index (χ1v) is 3.73. The van der Waals surface area contributed by atoms with Crippen LogP contribution in [0.15, 0.2) is 0 Å². The summed E-state index contributed by atoms with van der Waals surface area (Å²) in [5.74, 6) is -1.88. The van der Waals surface area contributed by atoms with Gasteiger partial charge in [0.05, 0.1) is 0 Å². The van der Waals surface area contributed by atoms with Crippen molar-refractivity contribution in [3.8, 4) is 0 Å². The Bertz CT molecular complexity index is 185. The van der Waals surface area contributed by atoms with E-state index in [1.165, 1.54) is 14.1 Å². The molecule has 64 valence electrons. The second-order valence-corrected chi connectivity index (χ2v) is 4.31. The fraction of sp³-hybridized carbons (Fsp3) is 0.600. The molecule has 6 heteroatoms. The molecule has 0 radical (unpaired) electrons. The SMILES string of the molecule is CN(C)C(=O)C(=O)C(Cl)(Cl)Cl. The summed E-state index contributed by atoms with van der Waals surface area (Å²) in [7, 11) is 2.80. The number of likely N-dealkylation sites (N-methyl/N-ethyl adjacent to an activating group) is 1. The minimum Gasteiger partial charge on any atom is -0.342 e. The van der Waals surface area contributed by atoms with Gasteiger partial charge in [-0.05, 0) is 0 Å². The first kappa shape index (κ1) is 11.0. The number of carbonyl (C=O) groups excluding carboxylic acids is 2. The van der Waals surface area contributed by atoms with Gasteiger partial charge < -0.3 is 4.90 Å². The van der Waals surface area contributed by atoms with Crippen LogP contribution in [0.1, 0.15) is 0 Å². The van der Waals surface area contributed by atoms with Gasteiger partial charge in [-0.15, -0.1) is 0 Å². The molecule has 0 aromatic carbocycles. The lowest BCUT2D eigenvalue weighted by Gasteiger charge is -2.12. The van der Waals surface area contributed by atoms with Gasteiger partial charge in [-0.25, -0.2) is 0 Å². The van der Waals surface area contributed by atoms with Crippen molar-refractivity contribution in [3.05, 3.63) is 0 Å². The Morgan fingerprint density at radius 1 is 1.18 bits per heavy atom. The van der Waals surface area contributed by atoms with Crippen LogP contribution in [0.4, 0.5) is 0 Å². The summed E-state index contributed by atoms with van der Waals surface area (Å²) in [5.41, 5.74) is 0. The van der Waals surface area contributed by atoms with Crippen molar-refractivity contribution in [2.75, 3.05) is 14.1 Å². The second kappa shape index (κ2) is 3.61. The first-order chi connectivity index (χ1) is 4.76. The Balaban J connectivity index is 4.40. The van der Waals surface area contributed by atoms with Crippen LogP contribution in [0.5, 0.6) is 0 Å². The Morgan fingerprint density at radius 2 is 1.55 bits per heavy atom. The van der Waals surface area contributed by atoms with E-state index in [4.69, 9.17) is 34.8 Å². The van der Waals surface area contributed by atoms with Gasteiger partial charge in [0.25, 0.3) is 15.5 Å². The van der Waals surface area contributed by atoms with E-state index in [0.717, 1.165) is 4.90 Å². The number of ketones is 1. The van der Waals surface area contributed by atoms with Crippen molar-refractivity contribution in [2.24, 2.45) is 0 Å². The largest absolute Gasteiger partial charge is 0.342 e. The molecule has 0 spiro atoms. The lowest BCUT2D eigenvalue weighted by Crippen LogP contribution is -2.37. The third kappa shape index (κ3) is 3.27. The van der Waals surface area contributed by atoms with Gasteiger partial charge in [-0.1, -0.05) is 34.8 Å². The summed E-state index contributed by atoms with van der Waals surface area (Å²) in [6, 6.07) is 0. The Kier molecular flexibility index (Phi) is 3.61. The molecule has 1 amide bonds. The van der Waals surface area contributed by atoms with Gasteiger partial charge in [-0.2, -0.15) is 0 Å². The molecule has 0 fully saturated rings. The summed E-state index contributed by atoms with van der Waals surface area (Å²) in [6.45, 7) is 0. The Labute approximate surface area is 79.2 Å². The molecule has 0 heterocycles. The van der Waals surface area contributed by atoms with Gasteiger partial charge in [-0.3, -0.25) is 9.59 Å². The highest BCUT2D eigenvalue weighted by Gasteiger charge is 2.36. The van der Waals surface area contributed by atoms with Crippen molar-refractivity contribution in [3.63, 3.8) is 0 Å². The number of nitrogens with zero attached hydrogens (tertiary/aromatic N) is 1. The molecule has 0 aromatic rings. The normalized spacial score (nSPS) is 11.0. The molecule has 0 rings (SSSR count). The van der Waals surface area contributed by atoms with E-state index in [9.17, 15) is 9.59 Å². The van der Waals surface area contributed by atoms with Gasteiger partial charge in [0.15, 0.2) is 0 Å². The summed E-state index contributed by atoms with van der Waals surface area (Å²) < 4.78 is -2.15. The Morgan fingerprint density at radius 3 is 1.64 bits per heavy atom. The number of alkyl halides is 3. The first-order valence-electron chi connectivity index (χ1n) is 2.59. The number of rotatable bonds is 1. The van der Waals surface area contributed by atoms with E-state index in [1.807, 2.05) is 0 Å². The van der Waals surface area contributed by atoms with Gasteiger partial charge in [0, 0.05) is 14.1 Å². The molecule has 0 saturated heterocycles. The molecule has 0 N–H and O–H groups in total. The topological polar surface area (TPSA) is 37.4 Å². The number of Topliss-reactive ketones (excluding diaryl/α,β-unsaturated/α-hetero) is 1. The smallest absolute Gasteiger partial charge is 0.294 e. The lowest BCUT2D eigenvalue weighted by molar-refractivity contribution is -0.142. The zero-order valence-corrected chi connectivity index (χ0v) is 8.17. The van der Waals surface area contributed by atoms with Gasteiger partial charge in [0.1, 0.15) is 0 Å². The highest BCUT2D eigenvalue weighted by molar-refractivity contribution is 6.81. The molecular formula is C5H6Cl3NO2. The predicted molar refractivity (Wildman–Crippen MR) is 44.0 cm³/mol. The zero-order chi connectivity index (χ0) is 9.23.